The van der Waals surface area contributed by atoms with E-state index in [9.17, 15) is 4.79 Å². The zero-order chi connectivity index (χ0) is 14.1. The highest BCUT2D eigenvalue weighted by Crippen LogP contribution is 2.49. The van der Waals surface area contributed by atoms with Crippen LogP contribution in [-0.4, -0.2) is 24.0 Å². The first-order valence-electron chi connectivity index (χ1n) is 7.62. The van der Waals surface area contributed by atoms with Crippen molar-refractivity contribution in [3.05, 3.63) is 23.9 Å². The number of rotatable bonds is 4. The van der Waals surface area contributed by atoms with Crippen molar-refractivity contribution in [2.24, 2.45) is 17.8 Å². The summed E-state index contributed by atoms with van der Waals surface area (Å²) in [5.74, 6) is 3.20. The van der Waals surface area contributed by atoms with Crippen molar-refractivity contribution >= 4 is 11.7 Å². The van der Waals surface area contributed by atoms with Crippen LogP contribution >= 0.6 is 0 Å². The van der Waals surface area contributed by atoms with Crippen molar-refractivity contribution in [3.63, 3.8) is 0 Å². The Morgan fingerprint density at radius 1 is 1.35 bits per heavy atom. The molecule has 108 valence electrons. The zero-order valence-electron chi connectivity index (χ0n) is 12.2. The van der Waals surface area contributed by atoms with Gasteiger partial charge in [-0.2, -0.15) is 0 Å². The van der Waals surface area contributed by atoms with Crippen molar-refractivity contribution in [2.75, 3.05) is 12.4 Å². The second kappa shape index (κ2) is 5.43. The molecule has 0 aromatic carbocycles. The Hall–Kier alpha value is -1.58. The number of anilines is 1. The van der Waals surface area contributed by atoms with Gasteiger partial charge in [0.25, 0.3) is 5.91 Å². The SMILES string of the molecule is CNc1ccc(C(=O)NC(C)C2CC3CCC2C3)cn1. The van der Waals surface area contributed by atoms with E-state index in [4.69, 9.17) is 0 Å². The summed E-state index contributed by atoms with van der Waals surface area (Å²) in [5.41, 5.74) is 0.638. The van der Waals surface area contributed by atoms with Gasteiger partial charge in [0.2, 0.25) is 0 Å². The number of fused-ring (bicyclic) bond motifs is 2. The molecule has 2 bridgehead atoms. The van der Waals surface area contributed by atoms with E-state index in [1.54, 1.807) is 6.20 Å². The van der Waals surface area contributed by atoms with Gasteiger partial charge in [0, 0.05) is 19.3 Å². The van der Waals surface area contributed by atoms with Gasteiger partial charge >= 0.3 is 0 Å². The highest BCUT2D eigenvalue weighted by Gasteiger charge is 2.42. The Kier molecular flexibility index (Phi) is 3.64. The number of hydrogen-bond donors (Lipinski definition) is 2. The first-order chi connectivity index (χ1) is 9.67. The fraction of sp³-hybridized carbons (Fsp3) is 0.625. The van der Waals surface area contributed by atoms with Gasteiger partial charge in [0.15, 0.2) is 0 Å². The summed E-state index contributed by atoms with van der Waals surface area (Å²) >= 11 is 0. The third kappa shape index (κ3) is 2.51. The summed E-state index contributed by atoms with van der Waals surface area (Å²) in [5, 5.41) is 6.12. The molecule has 1 amide bonds. The van der Waals surface area contributed by atoms with Crippen LogP contribution < -0.4 is 10.6 Å². The molecular formula is C16H23N3O. The van der Waals surface area contributed by atoms with Crippen LogP contribution in [0, 0.1) is 17.8 Å². The number of carbonyl (C=O) groups excluding carboxylic acids is 1. The van der Waals surface area contributed by atoms with Gasteiger partial charge in [-0.05, 0) is 56.1 Å². The number of carbonyl (C=O) groups is 1. The number of amides is 1. The van der Waals surface area contributed by atoms with E-state index in [1.165, 1.54) is 25.7 Å². The summed E-state index contributed by atoms with van der Waals surface area (Å²) in [4.78, 5) is 16.4. The van der Waals surface area contributed by atoms with Crippen molar-refractivity contribution in [1.29, 1.82) is 0 Å². The van der Waals surface area contributed by atoms with Crippen LogP contribution in [0.5, 0.6) is 0 Å². The van der Waals surface area contributed by atoms with Crippen LogP contribution in [-0.2, 0) is 0 Å². The smallest absolute Gasteiger partial charge is 0.253 e. The van der Waals surface area contributed by atoms with Gasteiger partial charge in [0.1, 0.15) is 5.82 Å². The topological polar surface area (TPSA) is 54.0 Å². The number of nitrogens with one attached hydrogen (secondary N) is 2. The van der Waals surface area contributed by atoms with Crippen LogP contribution in [0.2, 0.25) is 0 Å². The number of hydrogen-bond acceptors (Lipinski definition) is 3. The van der Waals surface area contributed by atoms with E-state index >= 15 is 0 Å². The predicted octanol–water partition coefficient (Wildman–Crippen LogP) is 2.68. The molecule has 4 nitrogen and oxygen atoms in total. The van der Waals surface area contributed by atoms with Gasteiger partial charge in [-0.3, -0.25) is 4.79 Å². The van der Waals surface area contributed by atoms with Gasteiger partial charge in [0.05, 0.1) is 5.56 Å². The molecule has 2 N–H and O–H groups in total. The summed E-state index contributed by atoms with van der Waals surface area (Å²) in [6, 6.07) is 3.92. The van der Waals surface area contributed by atoms with Crippen LogP contribution in [0.4, 0.5) is 5.82 Å². The molecule has 4 atom stereocenters. The van der Waals surface area contributed by atoms with E-state index in [0.717, 1.165) is 17.7 Å². The summed E-state index contributed by atoms with van der Waals surface area (Å²) in [6.45, 7) is 2.15. The van der Waals surface area contributed by atoms with E-state index < -0.39 is 0 Å². The maximum Gasteiger partial charge on any atom is 0.253 e. The minimum absolute atomic E-state index is 0.00423. The zero-order valence-corrected chi connectivity index (χ0v) is 12.2. The first-order valence-corrected chi connectivity index (χ1v) is 7.62. The molecule has 0 aliphatic heterocycles. The van der Waals surface area contributed by atoms with Crippen molar-refractivity contribution in [3.8, 4) is 0 Å². The lowest BCUT2D eigenvalue weighted by molar-refractivity contribution is 0.0915. The number of pyridine rings is 1. The second-order valence-electron chi connectivity index (χ2n) is 6.28. The van der Waals surface area contributed by atoms with Crippen LogP contribution in [0.3, 0.4) is 0 Å². The predicted molar refractivity (Wildman–Crippen MR) is 79.6 cm³/mol. The number of nitrogens with zero attached hydrogens (tertiary/aromatic N) is 1. The highest BCUT2D eigenvalue weighted by molar-refractivity contribution is 5.94. The molecule has 2 aliphatic carbocycles. The van der Waals surface area contributed by atoms with Gasteiger partial charge in [-0.25, -0.2) is 4.98 Å². The minimum Gasteiger partial charge on any atom is -0.373 e. The molecule has 2 fully saturated rings. The van der Waals surface area contributed by atoms with E-state index in [0.29, 0.717) is 11.5 Å². The normalized spacial score (nSPS) is 29.2. The molecule has 1 heterocycles. The average molecular weight is 273 g/mol. The van der Waals surface area contributed by atoms with Crippen molar-refractivity contribution in [2.45, 2.75) is 38.6 Å². The molecular weight excluding hydrogens is 250 g/mol. The molecule has 1 aromatic heterocycles. The quantitative estimate of drug-likeness (QED) is 0.887. The molecule has 4 heteroatoms. The molecule has 2 aliphatic rings. The standard InChI is InChI=1S/C16H23N3O/c1-10(14-8-11-3-4-12(14)7-11)19-16(20)13-5-6-15(17-2)18-9-13/h5-6,9-12,14H,3-4,7-8H2,1-2H3,(H,17,18)(H,19,20). The van der Waals surface area contributed by atoms with E-state index in [2.05, 4.69) is 22.5 Å². The van der Waals surface area contributed by atoms with Gasteiger partial charge in [-0.1, -0.05) is 6.42 Å². The lowest BCUT2D eigenvalue weighted by atomic mass is 9.84. The molecule has 20 heavy (non-hydrogen) atoms. The fourth-order valence-electron chi connectivity index (χ4n) is 3.98. The largest absolute Gasteiger partial charge is 0.373 e. The number of aromatic nitrogens is 1. The van der Waals surface area contributed by atoms with Gasteiger partial charge < -0.3 is 10.6 Å². The molecule has 3 rings (SSSR count). The van der Waals surface area contributed by atoms with Crippen LogP contribution in [0.25, 0.3) is 0 Å². The van der Waals surface area contributed by atoms with E-state index in [-0.39, 0.29) is 11.9 Å². The minimum atomic E-state index is -0.00423. The second-order valence-corrected chi connectivity index (χ2v) is 6.28. The van der Waals surface area contributed by atoms with Crippen LogP contribution in [0.15, 0.2) is 18.3 Å². The first kappa shape index (κ1) is 13.4. The van der Waals surface area contributed by atoms with Gasteiger partial charge in [-0.15, -0.1) is 0 Å². The van der Waals surface area contributed by atoms with Crippen LogP contribution in [0.1, 0.15) is 43.0 Å². The van der Waals surface area contributed by atoms with Crippen molar-refractivity contribution in [1.82, 2.24) is 10.3 Å². The fourth-order valence-corrected chi connectivity index (χ4v) is 3.98. The third-order valence-corrected chi connectivity index (χ3v) is 5.08. The Balaban J connectivity index is 1.60. The molecule has 0 saturated heterocycles. The van der Waals surface area contributed by atoms with E-state index in [1.807, 2.05) is 19.2 Å². The lowest BCUT2D eigenvalue weighted by Crippen LogP contribution is -2.40. The molecule has 2 saturated carbocycles. The lowest BCUT2D eigenvalue weighted by Gasteiger charge is -2.28. The molecule has 4 unspecified atom stereocenters. The summed E-state index contributed by atoms with van der Waals surface area (Å²) in [7, 11) is 1.82. The summed E-state index contributed by atoms with van der Waals surface area (Å²) < 4.78 is 0. The molecule has 1 aromatic rings. The third-order valence-electron chi connectivity index (χ3n) is 5.08. The Morgan fingerprint density at radius 3 is 2.75 bits per heavy atom. The Labute approximate surface area is 120 Å². The maximum atomic E-state index is 12.2. The summed E-state index contributed by atoms with van der Waals surface area (Å²) in [6.07, 6.45) is 7.06. The average Bonchev–Trinajstić information content (AvgIpc) is 3.10. The molecule has 0 radical (unpaired) electrons. The van der Waals surface area contributed by atoms with Crippen molar-refractivity contribution < 1.29 is 4.79 Å². The highest BCUT2D eigenvalue weighted by atomic mass is 16.1. The Bertz CT molecular complexity index is 485. The molecule has 0 spiro atoms. The Morgan fingerprint density at radius 2 is 2.20 bits per heavy atom. The monoisotopic (exact) mass is 273 g/mol. The maximum absolute atomic E-state index is 12.2.